The molecule has 0 N–H and O–H groups in total. The van der Waals surface area contributed by atoms with Gasteiger partial charge >= 0.3 is 0 Å². The van der Waals surface area contributed by atoms with E-state index in [0.717, 1.165) is 10.9 Å². The predicted molar refractivity (Wildman–Crippen MR) is 57.7 cm³/mol. The molecule has 0 amide bonds. The average Bonchev–Trinajstić information content (AvgIpc) is 2.16. The average molecular weight is 244 g/mol. The molecular formula is C10H14BrNO. The normalized spacial score (nSPS) is 12.6. The molecule has 72 valence electrons. The van der Waals surface area contributed by atoms with Crippen LogP contribution in [-0.4, -0.2) is 17.4 Å². The van der Waals surface area contributed by atoms with Crippen LogP contribution in [0.3, 0.4) is 0 Å². The second kappa shape index (κ2) is 4.61. The molecular weight excluding hydrogens is 230 g/mol. The minimum absolute atomic E-state index is 0.497. The van der Waals surface area contributed by atoms with Crippen LogP contribution >= 0.6 is 15.9 Å². The summed E-state index contributed by atoms with van der Waals surface area (Å²) < 4.78 is 5.09. The number of ether oxygens (including phenoxy) is 1. The van der Waals surface area contributed by atoms with Crippen molar-refractivity contribution >= 4 is 15.9 Å². The minimum Gasteiger partial charge on any atom is -0.481 e. The van der Waals surface area contributed by atoms with Crippen LogP contribution in [0.25, 0.3) is 0 Å². The van der Waals surface area contributed by atoms with Gasteiger partial charge in [-0.3, -0.25) is 0 Å². The van der Waals surface area contributed by atoms with Crippen LogP contribution in [0.15, 0.2) is 12.3 Å². The zero-order valence-electron chi connectivity index (χ0n) is 8.17. The number of halogens is 1. The summed E-state index contributed by atoms with van der Waals surface area (Å²) in [7, 11) is 1.64. The van der Waals surface area contributed by atoms with Crippen molar-refractivity contribution in [3.8, 4) is 5.88 Å². The lowest BCUT2D eigenvalue weighted by Gasteiger charge is -2.10. The molecule has 1 atom stereocenters. The van der Waals surface area contributed by atoms with E-state index in [9.17, 15) is 0 Å². The molecule has 0 saturated heterocycles. The van der Waals surface area contributed by atoms with E-state index >= 15 is 0 Å². The van der Waals surface area contributed by atoms with Crippen molar-refractivity contribution in [2.75, 3.05) is 12.4 Å². The van der Waals surface area contributed by atoms with Crippen molar-refractivity contribution in [2.45, 2.75) is 19.8 Å². The standard InChI is InChI=1S/C10H14BrNO/c1-7-4-9(8(2)5-11)6-12-10(7)13-3/h4,6,8H,5H2,1-3H3. The van der Waals surface area contributed by atoms with Crippen molar-refractivity contribution in [1.29, 1.82) is 0 Å². The van der Waals surface area contributed by atoms with Gasteiger partial charge in [0, 0.05) is 17.1 Å². The molecule has 0 bridgehead atoms. The number of methoxy groups -OCH3 is 1. The van der Waals surface area contributed by atoms with Gasteiger partial charge in [0.1, 0.15) is 0 Å². The van der Waals surface area contributed by atoms with Crippen LogP contribution < -0.4 is 4.74 Å². The van der Waals surface area contributed by atoms with E-state index in [4.69, 9.17) is 4.74 Å². The molecule has 3 heteroatoms. The molecule has 13 heavy (non-hydrogen) atoms. The summed E-state index contributed by atoms with van der Waals surface area (Å²) in [6.07, 6.45) is 1.87. The third kappa shape index (κ3) is 2.44. The fraction of sp³-hybridized carbons (Fsp3) is 0.500. The molecule has 0 saturated carbocycles. The van der Waals surface area contributed by atoms with Gasteiger partial charge in [0.2, 0.25) is 5.88 Å². The molecule has 0 spiro atoms. The first-order chi connectivity index (χ1) is 6.19. The predicted octanol–water partition coefficient (Wildman–Crippen LogP) is 2.90. The first kappa shape index (κ1) is 10.5. The third-order valence-corrected chi connectivity index (χ3v) is 3.02. The van der Waals surface area contributed by atoms with Crippen molar-refractivity contribution in [3.05, 3.63) is 23.4 Å². The number of alkyl halides is 1. The Morgan fingerprint density at radius 2 is 2.31 bits per heavy atom. The largest absolute Gasteiger partial charge is 0.481 e. The lowest BCUT2D eigenvalue weighted by atomic mass is 10.0. The van der Waals surface area contributed by atoms with Gasteiger partial charge in [-0.15, -0.1) is 0 Å². The van der Waals surface area contributed by atoms with E-state index in [1.165, 1.54) is 5.56 Å². The maximum Gasteiger partial charge on any atom is 0.215 e. The van der Waals surface area contributed by atoms with Crippen LogP contribution in [0.2, 0.25) is 0 Å². The van der Waals surface area contributed by atoms with Crippen LogP contribution in [0.5, 0.6) is 5.88 Å². The van der Waals surface area contributed by atoms with Crippen molar-refractivity contribution in [1.82, 2.24) is 4.98 Å². The zero-order chi connectivity index (χ0) is 9.84. The van der Waals surface area contributed by atoms with Crippen LogP contribution in [0, 0.1) is 6.92 Å². The highest BCUT2D eigenvalue weighted by molar-refractivity contribution is 9.09. The Kier molecular flexibility index (Phi) is 3.72. The number of nitrogens with zero attached hydrogens (tertiary/aromatic N) is 1. The second-order valence-corrected chi connectivity index (χ2v) is 3.80. The summed E-state index contributed by atoms with van der Waals surface area (Å²) in [4.78, 5) is 4.22. The van der Waals surface area contributed by atoms with Gasteiger partial charge in [-0.05, 0) is 24.5 Å². The van der Waals surface area contributed by atoms with E-state index < -0.39 is 0 Å². The number of aromatic nitrogens is 1. The minimum atomic E-state index is 0.497. The fourth-order valence-corrected chi connectivity index (χ4v) is 1.53. The van der Waals surface area contributed by atoms with Gasteiger partial charge in [0.05, 0.1) is 7.11 Å². The highest BCUT2D eigenvalue weighted by atomic mass is 79.9. The first-order valence-corrected chi connectivity index (χ1v) is 5.37. The van der Waals surface area contributed by atoms with Gasteiger partial charge in [0.15, 0.2) is 0 Å². The van der Waals surface area contributed by atoms with E-state index in [-0.39, 0.29) is 0 Å². The Morgan fingerprint density at radius 1 is 1.62 bits per heavy atom. The van der Waals surface area contributed by atoms with Gasteiger partial charge in [-0.25, -0.2) is 4.98 Å². The Hall–Kier alpha value is -0.570. The van der Waals surface area contributed by atoms with Gasteiger partial charge in [-0.2, -0.15) is 0 Å². The van der Waals surface area contributed by atoms with Crippen molar-refractivity contribution in [3.63, 3.8) is 0 Å². The molecule has 2 nitrogen and oxygen atoms in total. The van der Waals surface area contributed by atoms with Crippen molar-refractivity contribution in [2.24, 2.45) is 0 Å². The monoisotopic (exact) mass is 243 g/mol. The smallest absolute Gasteiger partial charge is 0.215 e. The van der Waals surface area contributed by atoms with Crippen LogP contribution in [0.1, 0.15) is 24.0 Å². The summed E-state index contributed by atoms with van der Waals surface area (Å²) in [5, 5.41) is 0.959. The molecule has 0 aliphatic carbocycles. The third-order valence-electron chi connectivity index (χ3n) is 2.05. The van der Waals surface area contributed by atoms with Crippen molar-refractivity contribution < 1.29 is 4.74 Å². The zero-order valence-corrected chi connectivity index (χ0v) is 9.76. The summed E-state index contributed by atoms with van der Waals surface area (Å²) >= 11 is 3.45. The first-order valence-electron chi connectivity index (χ1n) is 4.25. The summed E-state index contributed by atoms with van der Waals surface area (Å²) in [5.74, 6) is 1.21. The molecule has 0 aliphatic rings. The molecule has 1 aromatic heterocycles. The number of pyridine rings is 1. The van der Waals surface area contributed by atoms with Gasteiger partial charge in [-0.1, -0.05) is 22.9 Å². The number of hydrogen-bond donors (Lipinski definition) is 0. The van der Waals surface area contributed by atoms with E-state index in [1.807, 2.05) is 13.1 Å². The van der Waals surface area contributed by atoms with E-state index in [0.29, 0.717) is 11.8 Å². The molecule has 0 aliphatic heterocycles. The molecule has 0 radical (unpaired) electrons. The SMILES string of the molecule is COc1ncc(C(C)CBr)cc1C. The lowest BCUT2D eigenvalue weighted by Crippen LogP contribution is -1.98. The highest BCUT2D eigenvalue weighted by Crippen LogP contribution is 2.21. The van der Waals surface area contributed by atoms with Crippen LogP contribution in [0.4, 0.5) is 0 Å². The van der Waals surface area contributed by atoms with E-state index in [1.54, 1.807) is 7.11 Å². The topological polar surface area (TPSA) is 22.1 Å². The highest BCUT2D eigenvalue weighted by Gasteiger charge is 2.06. The summed E-state index contributed by atoms with van der Waals surface area (Å²) in [5.41, 5.74) is 2.34. The summed E-state index contributed by atoms with van der Waals surface area (Å²) in [6, 6.07) is 2.12. The van der Waals surface area contributed by atoms with Gasteiger partial charge < -0.3 is 4.74 Å². The molecule has 1 rings (SSSR count). The Bertz CT molecular complexity index is 288. The molecule has 0 fully saturated rings. The number of rotatable bonds is 3. The van der Waals surface area contributed by atoms with Crippen LogP contribution in [-0.2, 0) is 0 Å². The maximum atomic E-state index is 5.09. The van der Waals surface area contributed by atoms with Gasteiger partial charge in [0.25, 0.3) is 0 Å². The molecule has 0 aromatic carbocycles. The maximum absolute atomic E-state index is 5.09. The summed E-state index contributed by atoms with van der Waals surface area (Å²) in [6.45, 7) is 4.17. The van der Waals surface area contributed by atoms with E-state index in [2.05, 4.69) is 33.9 Å². The number of aryl methyl sites for hydroxylation is 1. The lowest BCUT2D eigenvalue weighted by molar-refractivity contribution is 0.394. The molecule has 1 aromatic rings. The fourth-order valence-electron chi connectivity index (χ4n) is 1.16. The Balaban J connectivity index is 2.95. The second-order valence-electron chi connectivity index (χ2n) is 3.15. The Morgan fingerprint density at radius 3 is 2.77 bits per heavy atom. The molecule has 1 unspecified atom stereocenters. The quantitative estimate of drug-likeness (QED) is 0.762. The Labute approximate surface area is 87.5 Å². The number of hydrogen-bond acceptors (Lipinski definition) is 2. The molecule has 1 heterocycles.